The first kappa shape index (κ1) is 20.5. The maximum atomic E-state index is 13.1. The summed E-state index contributed by atoms with van der Waals surface area (Å²) < 4.78 is 11.2. The Morgan fingerprint density at radius 3 is 2.78 bits per heavy atom. The summed E-state index contributed by atoms with van der Waals surface area (Å²) >= 11 is 1.31. The maximum Gasteiger partial charge on any atom is 0.323 e. The number of thiazole rings is 1. The zero-order chi connectivity index (χ0) is 22.1. The molecule has 0 radical (unpaired) electrons. The van der Waals surface area contributed by atoms with Gasteiger partial charge in [0.05, 0.1) is 25.3 Å². The Morgan fingerprint density at radius 2 is 2.00 bits per heavy atom. The van der Waals surface area contributed by atoms with Gasteiger partial charge in [0.25, 0.3) is 5.91 Å². The largest absolute Gasteiger partial charge is 0.449 e. The lowest BCUT2D eigenvalue weighted by atomic mass is 10.2. The molecule has 2 aromatic heterocycles. The fourth-order valence-electron chi connectivity index (χ4n) is 3.73. The zero-order valence-electron chi connectivity index (χ0n) is 17.1. The van der Waals surface area contributed by atoms with Gasteiger partial charge in [-0.2, -0.15) is 0 Å². The SMILES string of the molecule is O=C(Cc1csc(N2CCNC2=O)n1)Nc1c(C(=O)N2CCOCC2)oc2ccccc12. The standard InChI is InChI=1S/C21H21N5O5S/c27-16(11-13-12-32-21(23-13)26-6-5-22-20(26)29)24-17-14-3-1-2-4-15(14)31-18(17)19(28)25-7-9-30-10-8-25/h1-4,12H,5-11H2,(H,22,29)(H,24,27). The van der Waals surface area contributed by atoms with Gasteiger partial charge in [-0.05, 0) is 12.1 Å². The molecule has 10 nitrogen and oxygen atoms in total. The molecule has 2 N–H and O–H groups in total. The molecule has 32 heavy (non-hydrogen) atoms. The fraction of sp³-hybridized carbons (Fsp3) is 0.333. The van der Waals surface area contributed by atoms with Crippen molar-refractivity contribution in [2.45, 2.75) is 6.42 Å². The summed E-state index contributed by atoms with van der Waals surface area (Å²) in [5.41, 5.74) is 1.43. The summed E-state index contributed by atoms with van der Waals surface area (Å²) in [6.07, 6.45) is 0.0106. The molecule has 3 aromatic rings. The van der Waals surface area contributed by atoms with Gasteiger partial charge in [0.1, 0.15) is 11.3 Å². The summed E-state index contributed by atoms with van der Waals surface area (Å²) in [5, 5.41) is 8.55. The number of fused-ring (bicyclic) bond motifs is 1. The number of benzene rings is 1. The minimum atomic E-state index is -0.324. The number of anilines is 2. The Balaban J connectivity index is 1.36. The number of nitrogens with one attached hydrogen (secondary N) is 2. The number of carbonyl (C=O) groups is 3. The Labute approximate surface area is 187 Å². The second kappa shape index (κ2) is 8.60. The number of aromatic nitrogens is 1. The van der Waals surface area contributed by atoms with Crippen molar-refractivity contribution in [3.8, 4) is 0 Å². The molecular formula is C21H21N5O5S. The van der Waals surface area contributed by atoms with Gasteiger partial charge in [-0.1, -0.05) is 12.1 Å². The number of ether oxygens (including phenoxy) is 1. The molecule has 0 bridgehead atoms. The molecule has 2 fully saturated rings. The first-order valence-corrected chi connectivity index (χ1v) is 11.2. The molecule has 11 heteroatoms. The number of carbonyl (C=O) groups excluding carboxylic acids is 3. The third-order valence-corrected chi connectivity index (χ3v) is 6.23. The van der Waals surface area contributed by atoms with Crippen LogP contribution in [0.5, 0.6) is 0 Å². The van der Waals surface area contributed by atoms with Crippen molar-refractivity contribution in [2.75, 3.05) is 49.6 Å². The zero-order valence-corrected chi connectivity index (χ0v) is 17.9. The molecule has 5 rings (SSSR count). The minimum Gasteiger partial charge on any atom is -0.449 e. The molecule has 0 spiro atoms. The normalized spacial score (nSPS) is 16.4. The van der Waals surface area contributed by atoms with Crippen molar-refractivity contribution in [3.05, 3.63) is 41.1 Å². The van der Waals surface area contributed by atoms with E-state index in [9.17, 15) is 14.4 Å². The lowest BCUT2D eigenvalue weighted by Gasteiger charge is -2.26. The number of para-hydroxylation sites is 1. The number of furan rings is 1. The predicted molar refractivity (Wildman–Crippen MR) is 118 cm³/mol. The highest BCUT2D eigenvalue weighted by Gasteiger charge is 2.28. The van der Waals surface area contributed by atoms with Crippen LogP contribution in [0.1, 0.15) is 16.2 Å². The topological polar surface area (TPSA) is 117 Å². The quantitative estimate of drug-likeness (QED) is 0.608. The summed E-state index contributed by atoms with van der Waals surface area (Å²) in [6, 6.07) is 7.01. The second-order valence-corrected chi connectivity index (χ2v) is 8.27. The number of morpholine rings is 1. The van der Waals surface area contributed by atoms with E-state index in [4.69, 9.17) is 9.15 Å². The summed E-state index contributed by atoms with van der Waals surface area (Å²) in [7, 11) is 0. The lowest BCUT2D eigenvalue weighted by Crippen LogP contribution is -2.40. The number of urea groups is 1. The van der Waals surface area contributed by atoms with Gasteiger partial charge in [-0.3, -0.25) is 14.5 Å². The van der Waals surface area contributed by atoms with Crippen LogP contribution in [-0.4, -0.2) is 67.1 Å². The van der Waals surface area contributed by atoms with E-state index in [0.717, 1.165) is 0 Å². The van der Waals surface area contributed by atoms with E-state index in [1.165, 1.54) is 11.3 Å². The van der Waals surface area contributed by atoms with Gasteiger partial charge in [0.2, 0.25) is 11.7 Å². The van der Waals surface area contributed by atoms with E-state index in [1.54, 1.807) is 27.3 Å². The van der Waals surface area contributed by atoms with E-state index in [2.05, 4.69) is 15.6 Å². The molecule has 0 aliphatic carbocycles. The Hall–Kier alpha value is -3.44. The summed E-state index contributed by atoms with van der Waals surface area (Å²) in [4.78, 5) is 45.4. The summed E-state index contributed by atoms with van der Waals surface area (Å²) in [6.45, 7) is 2.99. The van der Waals surface area contributed by atoms with Crippen molar-refractivity contribution in [2.24, 2.45) is 0 Å². The number of amides is 4. The molecule has 1 aromatic carbocycles. The number of hydrogen-bond acceptors (Lipinski definition) is 7. The smallest absolute Gasteiger partial charge is 0.323 e. The molecule has 4 amide bonds. The van der Waals surface area contributed by atoms with Crippen molar-refractivity contribution in [1.82, 2.24) is 15.2 Å². The maximum absolute atomic E-state index is 13.1. The fourth-order valence-corrected chi connectivity index (χ4v) is 4.58. The van der Waals surface area contributed by atoms with Crippen LogP contribution in [0.4, 0.5) is 15.6 Å². The van der Waals surface area contributed by atoms with Crippen molar-refractivity contribution in [3.63, 3.8) is 0 Å². The van der Waals surface area contributed by atoms with Gasteiger partial charge in [0, 0.05) is 36.9 Å². The summed E-state index contributed by atoms with van der Waals surface area (Å²) in [5.74, 6) is -0.500. The van der Waals surface area contributed by atoms with Gasteiger partial charge in [-0.15, -0.1) is 11.3 Å². The van der Waals surface area contributed by atoms with Crippen molar-refractivity contribution in [1.29, 1.82) is 0 Å². The average Bonchev–Trinajstić information content (AvgIpc) is 3.53. The molecule has 0 saturated carbocycles. The van der Waals surface area contributed by atoms with Crippen molar-refractivity contribution >= 4 is 51.0 Å². The van der Waals surface area contributed by atoms with E-state index in [0.29, 0.717) is 66.9 Å². The second-order valence-electron chi connectivity index (χ2n) is 7.44. The van der Waals surface area contributed by atoms with E-state index < -0.39 is 0 Å². The van der Waals surface area contributed by atoms with E-state index in [-0.39, 0.29) is 30.0 Å². The van der Waals surface area contributed by atoms with Crippen LogP contribution in [0.25, 0.3) is 11.0 Å². The van der Waals surface area contributed by atoms with Gasteiger partial charge in [0.15, 0.2) is 5.13 Å². The van der Waals surface area contributed by atoms with Crippen LogP contribution >= 0.6 is 11.3 Å². The Morgan fingerprint density at radius 1 is 1.19 bits per heavy atom. The molecule has 0 unspecified atom stereocenters. The average molecular weight is 455 g/mol. The molecule has 2 aliphatic rings. The number of rotatable bonds is 5. The minimum absolute atomic E-state index is 0.0106. The first-order valence-electron chi connectivity index (χ1n) is 10.3. The van der Waals surface area contributed by atoms with Crippen LogP contribution in [0.3, 0.4) is 0 Å². The van der Waals surface area contributed by atoms with Crippen LogP contribution in [-0.2, 0) is 16.0 Å². The highest BCUT2D eigenvalue weighted by molar-refractivity contribution is 7.14. The molecule has 0 atom stereocenters. The van der Waals surface area contributed by atoms with E-state index in [1.807, 2.05) is 12.1 Å². The van der Waals surface area contributed by atoms with Crippen LogP contribution < -0.4 is 15.5 Å². The van der Waals surface area contributed by atoms with E-state index >= 15 is 0 Å². The Bertz CT molecular complexity index is 1180. The predicted octanol–water partition coefficient (Wildman–Crippen LogP) is 2.07. The van der Waals surface area contributed by atoms with Gasteiger partial charge in [-0.25, -0.2) is 9.78 Å². The molecule has 4 heterocycles. The molecule has 166 valence electrons. The van der Waals surface area contributed by atoms with Gasteiger partial charge < -0.3 is 24.7 Å². The lowest BCUT2D eigenvalue weighted by molar-refractivity contribution is -0.115. The highest BCUT2D eigenvalue weighted by atomic mass is 32.1. The highest BCUT2D eigenvalue weighted by Crippen LogP contribution is 2.32. The molecular weight excluding hydrogens is 434 g/mol. The molecule has 2 saturated heterocycles. The van der Waals surface area contributed by atoms with Gasteiger partial charge >= 0.3 is 6.03 Å². The van der Waals surface area contributed by atoms with Crippen molar-refractivity contribution < 1.29 is 23.5 Å². The third kappa shape index (κ3) is 3.92. The first-order chi connectivity index (χ1) is 15.6. The van der Waals surface area contributed by atoms with Crippen LogP contribution in [0.15, 0.2) is 34.1 Å². The Kier molecular flexibility index (Phi) is 5.50. The molecule has 2 aliphatic heterocycles. The third-order valence-electron chi connectivity index (χ3n) is 5.32. The monoisotopic (exact) mass is 455 g/mol. The number of nitrogens with zero attached hydrogens (tertiary/aromatic N) is 3. The number of hydrogen-bond donors (Lipinski definition) is 2. The van der Waals surface area contributed by atoms with Crippen LogP contribution in [0, 0.1) is 0 Å². The van der Waals surface area contributed by atoms with Crippen LogP contribution in [0.2, 0.25) is 0 Å².